The standard InChI is InChI=1S/C25H17ClF2N4O/c26-21-13-31-24-10-22(28)17(9-20(21)24)12-32-25(33)15-3-4-29-19(8-15)6-14-5-16-7-18(27)1-2-23(16)30-11-14/h1-5,7-11,13,31H,6,12H2,(H,32,33). The van der Waals surface area contributed by atoms with Gasteiger partial charge in [0.2, 0.25) is 0 Å². The molecule has 5 rings (SSSR count). The van der Waals surface area contributed by atoms with Crippen LogP contribution in [0.15, 0.2) is 67.1 Å². The molecule has 1 amide bonds. The minimum atomic E-state index is -0.433. The summed E-state index contributed by atoms with van der Waals surface area (Å²) in [6, 6.07) is 12.5. The van der Waals surface area contributed by atoms with Gasteiger partial charge in [-0.25, -0.2) is 8.78 Å². The molecule has 33 heavy (non-hydrogen) atoms. The third-order valence-electron chi connectivity index (χ3n) is 5.40. The molecule has 0 aliphatic rings. The van der Waals surface area contributed by atoms with Gasteiger partial charge in [-0.05, 0) is 54.1 Å². The number of carbonyl (C=O) groups is 1. The lowest BCUT2D eigenvalue weighted by atomic mass is 10.1. The number of aromatic amines is 1. The number of hydrogen-bond donors (Lipinski definition) is 2. The first-order valence-electron chi connectivity index (χ1n) is 10.2. The lowest BCUT2D eigenvalue weighted by molar-refractivity contribution is 0.0950. The van der Waals surface area contributed by atoms with Crippen LogP contribution < -0.4 is 5.32 Å². The molecular weight excluding hydrogens is 446 g/mol. The summed E-state index contributed by atoms with van der Waals surface area (Å²) < 4.78 is 27.9. The lowest BCUT2D eigenvalue weighted by Crippen LogP contribution is -2.23. The van der Waals surface area contributed by atoms with Gasteiger partial charge in [-0.1, -0.05) is 11.6 Å². The van der Waals surface area contributed by atoms with Crippen molar-refractivity contribution in [1.29, 1.82) is 0 Å². The Morgan fingerprint density at radius 2 is 1.94 bits per heavy atom. The molecule has 0 saturated heterocycles. The molecule has 3 heterocycles. The summed E-state index contributed by atoms with van der Waals surface area (Å²) in [6.45, 7) is 0.0138. The van der Waals surface area contributed by atoms with Gasteiger partial charge >= 0.3 is 0 Å². The van der Waals surface area contributed by atoms with Gasteiger partial charge in [0, 0.05) is 64.7 Å². The highest BCUT2D eigenvalue weighted by atomic mass is 35.5. The molecule has 8 heteroatoms. The molecule has 2 N–H and O–H groups in total. The minimum Gasteiger partial charge on any atom is -0.360 e. The molecule has 0 fully saturated rings. The van der Waals surface area contributed by atoms with Crippen molar-refractivity contribution in [2.45, 2.75) is 13.0 Å². The SMILES string of the molecule is O=C(NCc1cc2c(Cl)c[nH]c2cc1F)c1ccnc(Cc2cnc3ccc(F)cc3c2)c1. The van der Waals surface area contributed by atoms with Crippen LogP contribution in [0.25, 0.3) is 21.8 Å². The number of amides is 1. The number of halogens is 3. The summed E-state index contributed by atoms with van der Waals surface area (Å²) >= 11 is 6.11. The topological polar surface area (TPSA) is 70.7 Å². The van der Waals surface area contributed by atoms with Crippen molar-refractivity contribution in [1.82, 2.24) is 20.3 Å². The van der Waals surface area contributed by atoms with E-state index in [1.807, 2.05) is 6.07 Å². The van der Waals surface area contributed by atoms with E-state index >= 15 is 0 Å². The number of nitrogens with one attached hydrogen (secondary N) is 2. The van der Waals surface area contributed by atoms with Gasteiger partial charge in [0.15, 0.2) is 0 Å². The third-order valence-corrected chi connectivity index (χ3v) is 5.71. The highest BCUT2D eigenvalue weighted by molar-refractivity contribution is 6.35. The monoisotopic (exact) mass is 462 g/mol. The van der Waals surface area contributed by atoms with Crippen LogP contribution in [-0.4, -0.2) is 20.9 Å². The van der Waals surface area contributed by atoms with E-state index in [4.69, 9.17) is 11.6 Å². The lowest BCUT2D eigenvalue weighted by Gasteiger charge is -2.09. The summed E-state index contributed by atoms with van der Waals surface area (Å²) in [7, 11) is 0. The molecule has 5 nitrogen and oxygen atoms in total. The third kappa shape index (κ3) is 4.40. The van der Waals surface area contributed by atoms with E-state index in [0.717, 1.165) is 5.56 Å². The van der Waals surface area contributed by atoms with Crippen molar-refractivity contribution >= 4 is 39.3 Å². The molecule has 0 bridgehead atoms. The Bertz CT molecular complexity index is 1520. The smallest absolute Gasteiger partial charge is 0.251 e. The van der Waals surface area contributed by atoms with Crippen molar-refractivity contribution in [3.63, 3.8) is 0 Å². The van der Waals surface area contributed by atoms with Gasteiger partial charge < -0.3 is 10.3 Å². The molecule has 0 saturated carbocycles. The molecule has 3 aromatic heterocycles. The Morgan fingerprint density at radius 1 is 1.06 bits per heavy atom. The Balaban J connectivity index is 1.31. The number of hydrogen-bond acceptors (Lipinski definition) is 3. The van der Waals surface area contributed by atoms with Crippen molar-refractivity contribution in [3.05, 3.63) is 106 Å². The maximum atomic E-state index is 14.4. The second-order valence-corrected chi connectivity index (χ2v) is 8.11. The van der Waals surface area contributed by atoms with Crippen molar-refractivity contribution in [2.24, 2.45) is 0 Å². The first kappa shape index (κ1) is 21.0. The van der Waals surface area contributed by atoms with Crippen LogP contribution in [0, 0.1) is 11.6 Å². The predicted octanol–water partition coefficient (Wildman–Crippen LogP) is 5.56. The highest BCUT2D eigenvalue weighted by Crippen LogP contribution is 2.26. The normalized spacial score (nSPS) is 11.2. The number of benzene rings is 2. The molecule has 0 aliphatic heterocycles. The zero-order chi connectivity index (χ0) is 22.9. The van der Waals surface area contributed by atoms with E-state index in [-0.39, 0.29) is 18.3 Å². The van der Waals surface area contributed by atoms with E-state index in [9.17, 15) is 13.6 Å². The van der Waals surface area contributed by atoms with Crippen LogP contribution in [-0.2, 0) is 13.0 Å². The Kier molecular flexibility index (Phi) is 5.48. The minimum absolute atomic E-state index is 0.0138. The summed E-state index contributed by atoms with van der Waals surface area (Å²) in [6.07, 6.45) is 5.27. The predicted molar refractivity (Wildman–Crippen MR) is 123 cm³/mol. The Labute approximate surface area is 192 Å². The molecule has 0 unspecified atom stereocenters. The van der Waals surface area contributed by atoms with Crippen LogP contribution in [0.2, 0.25) is 5.02 Å². The van der Waals surface area contributed by atoms with Gasteiger partial charge in [-0.2, -0.15) is 0 Å². The maximum Gasteiger partial charge on any atom is 0.251 e. The number of pyridine rings is 2. The van der Waals surface area contributed by atoms with Crippen molar-refractivity contribution in [3.8, 4) is 0 Å². The zero-order valence-corrected chi connectivity index (χ0v) is 18.0. The molecule has 0 atom stereocenters. The molecule has 0 aliphatic carbocycles. The molecule has 0 radical (unpaired) electrons. The fraction of sp³-hybridized carbons (Fsp3) is 0.0800. The molecule has 5 aromatic rings. The largest absolute Gasteiger partial charge is 0.360 e. The number of H-pyrrole nitrogens is 1. The fourth-order valence-corrected chi connectivity index (χ4v) is 3.95. The number of rotatable bonds is 5. The molecule has 2 aromatic carbocycles. The van der Waals surface area contributed by atoms with E-state index in [0.29, 0.717) is 50.1 Å². The summed E-state index contributed by atoms with van der Waals surface area (Å²) in [5.74, 6) is -1.11. The zero-order valence-electron chi connectivity index (χ0n) is 17.2. The van der Waals surface area contributed by atoms with Crippen molar-refractivity contribution < 1.29 is 13.6 Å². The first-order chi connectivity index (χ1) is 16.0. The quantitative estimate of drug-likeness (QED) is 0.359. The number of nitrogens with zero attached hydrogens (tertiary/aromatic N) is 2. The average Bonchev–Trinajstić information content (AvgIpc) is 3.16. The van der Waals surface area contributed by atoms with Crippen LogP contribution in [0.1, 0.15) is 27.2 Å². The Morgan fingerprint density at radius 3 is 2.82 bits per heavy atom. The molecule has 0 spiro atoms. The van der Waals surface area contributed by atoms with Crippen LogP contribution in [0.4, 0.5) is 8.78 Å². The first-order valence-corrected chi connectivity index (χ1v) is 10.6. The number of aromatic nitrogens is 3. The number of carbonyl (C=O) groups excluding carboxylic acids is 1. The summed E-state index contributed by atoms with van der Waals surface area (Å²) in [5.41, 5.74) is 3.54. The maximum absolute atomic E-state index is 14.4. The molecular formula is C25H17ClF2N4O. The fourth-order valence-electron chi connectivity index (χ4n) is 3.74. The van der Waals surface area contributed by atoms with E-state index in [2.05, 4.69) is 20.3 Å². The van der Waals surface area contributed by atoms with Gasteiger partial charge in [-0.3, -0.25) is 14.8 Å². The van der Waals surface area contributed by atoms with Crippen LogP contribution in [0.5, 0.6) is 0 Å². The summed E-state index contributed by atoms with van der Waals surface area (Å²) in [5, 5.41) is 4.62. The van der Waals surface area contributed by atoms with E-state index in [1.165, 1.54) is 18.2 Å². The second kappa shape index (κ2) is 8.60. The van der Waals surface area contributed by atoms with Gasteiger partial charge in [0.1, 0.15) is 11.6 Å². The molecule has 164 valence electrons. The van der Waals surface area contributed by atoms with Crippen molar-refractivity contribution in [2.75, 3.05) is 0 Å². The van der Waals surface area contributed by atoms with Crippen LogP contribution >= 0.6 is 11.6 Å². The summed E-state index contributed by atoms with van der Waals surface area (Å²) in [4.78, 5) is 24.3. The van der Waals surface area contributed by atoms with Crippen LogP contribution in [0.3, 0.4) is 0 Å². The average molecular weight is 463 g/mol. The van der Waals surface area contributed by atoms with E-state index in [1.54, 1.807) is 42.9 Å². The van der Waals surface area contributed by atoms with Gasteiger partial charge in [0.05, 0.1) is 10.5 Å². The van der Waals surface area contributed by atoms with E-state index < -0.39 is 5.82 Å². The Hall–Kier alpha value is -3.84. The van der Waals surface area contributed by atoms with Gasteiger partial charge in [-0.15, -0.1) is 0 Å². The highest BCUT2D eigenvalue weighted by Gasteiger charge is 2.12. The second-order valence-electron chi connectivity index (χ2n) is 7.70. The van der Waals surface area contributed by atoms with Gasteiger partial charge in [0.25, 0.3) is 5.91 Å². The number of fused-ring (bicyclic) bond motifs is 2.